The number of carbonyl (C=O) groups excluding carboxylic acids is 8. The summed E-state index contributed by atoms with van der Waals surface area (Å²) in [6, 6.07) is 31.8. The summed E-state index contributed by atoms with van der Waals surface area (Å²) in [5.41, 5.74) is 8.06. The van der Waals surface area contributed by atoms with E-state index >= 15 is 0 Å². The van der Waals surface area contributed by atoms with Gasteiger partial charge < -0.3 is 89.2 Å². The van der Waals surface area contributed by atoms with E-state index in [0.717, 1.165) is 36.1 Å². The molecule has 0 spiro atoms. The number of hydrogen-bond donors (Lipinski definition) is 9. The lowest BCUT2D eigenvalue weighted by Crippen LogP contribution is -2.28. The second-order valence-electron chi connectivity index (χ2n) is 27.3. The van der Waals surface area contributed by atoms with Crippen molar-refractivity contribution >= 4 is 121 Å². The molecule has 1 unspecified atom stereocenters. The fourth-order valence-electron chi connectivity index (χ4n) is 12.0. The maximum absolute atomic E-state index is 12.6. The Balaban J connectivity index is 0.000000308. The average molecular weight is 1830 g/mol. The minimum atomic E-state index is -1.39. The second kappa shape index (κ2) is 56.2. The molecule has 38 nitrogen and oxygen atoms in total. The summed E-state index contributed by atoms with van der Waals surface area (Å²) >= 11 is 7.32. The number of methoxy groups -OCH3 is 1. The van der Waals surface area contributed by atoms with Crippen LogP contribution in [-0.2, 0) is 87.1 Å². The molecule has 4 aliphatic heterocycles. The number of aromatic nitrogens is 8. The highest BCUT2D eigenvalue weighted by molar-refractivity contribution is 7.95. The molecule has 0 radical (unpaired) electrons. The third-order valence-corrected chi connectivity index (χ3v) is 19.7. The van der Waals surface area contributed by atoms with Gasteiger partial charge in [-0.3, -0.25) is 56.6 Å². The Morgan fingerprint density at radius 1 is 0.488 bits per heavy atom. The number of aliphatic hydroxyl groups is 3. The van der Waals surface area contributed by atoms with E-state index in [2.05, 4.69) is 46.5 Å². The molecule has 0 aliphatic carbocycles. The molecule has 4 aliphatic rings. The lowest BCUT2D eigenvalue weighted by molar-refractivity contribution is -0.146. The molecule has 10 N–H and O–H groups in total. The fourth-order valence-corrected chi connectivity index (χ4v) is 12.8. The molecule has 4 fully saturated rings. The first-order valence-electron chi connectivity index (χ1n) is 42.3. The van der Waals surface area contributed by atoms with Crippen molar-refractivity contribution in [3.05, 3.63) is 233 Å². The van der Waals surface area contributed by atoms with Crippen molar-refractivity contribution in [2.75, 3.05) is 80.6 Å². The van der Waals surface area contributed by atoms with Crippen molar-refractivity contribution in [3.63, 3.8) is 0 Å². The van der Waals surface area contributed by atoms with Crippen molar-refractivity contribution in [1.82, 2.24) is 48.8 Å². The standard InChI is InChI=1S/C23H29BN4O7S.C23H28N4O7.C18H22BN3O5S.C9H13N3O3.C8H7ClO2.3CH4/c1-25-19(29)7-9-21(30)33-12-15-2-4-16(5-3-15)22(31)26-18-10-11-28(23(32)27-18)20-8-6-17(35-20)13-34-36-14-24;1-24-19(28)8-10-21(29)33-13-15-3-5-16(6-4-15)22(30)25-18-11-12-27(23(31)26-18)20-9-7-17(34-20)14-32-2;19-11-28-26-10-14-5-6-16(27-14)22-8-7-15(21-18(22)25)20-17(24)13-3-1-12(9-23)2-4-13;10-7-3-4-12(9(14)11-7)8-2-1-6(5-13)15-8;9-8(11)7-3-1-6(5-10)2-4-7;;;/h2-5,10-11,17,20H,6-9,12-14,24H2,1H3,(H,25,29)(H,26,27,31,32);3-6,11-12,17,20H,7-10,13-14H2,1-2H3,(H,24,28)(H,25,26,30,31);1-4,7-8,14,16,23H,5-6,9-11,19H2,(H,20,21,24,25);3-4,6,8,13H,1-2,5H2,(H2,10,11,14);1-4,10H,5H2;3*1H4/t2*17-,20+;14-,16+;6-,8+;;;;/m0000..../s1/i24TD;2TD;19TD;;;;;/tm;2?,17-,20+;m;;;;;. The van der Waals surface area contributed by atoms with Crippen LogP contribution in [0.4, 0.5) is 23.3 Å². The van der Waals surface area contributed by atoms with Crippen LogP contribution in [0, 0.1) is 0 Å². The highest BCUT2D eigenvalue weighted by atomic mass is 35.5. The minimum Gasteiger partial charge on any atom is -0.461 e. The van der Waals surface area contributed by atoms with Crippen molar-refractivity contribution in [2.45, 2.75) is 175 Å². The summed E-state index contributed by atoms with van der Waals surface area (Å²) in [5, 5.41) is 38.7. The Kier molecular flexibility index (Phi) is 42.7. The van der Waals surface area contributed by atoms with Crippen LogP contribution in [0.15, 0.2) is 165 Å². The van der Waals surface area contributed by atoms with Gasteiger partial charge in [-0.2, -0.15) is 19.9 Å². The quantitative estimate of drug-likeness (QED) is 0.00686. The molecule has 4 saturated heterocycles. The lowest BCUT2D eigenvalue weighted by Gasteiger charge is -2.16. The lowest BCUT2D eigenvalue weighted by atomic mass is 10.1. The van der Waals surface area contributed by atoms with E-state index in [-0.39, 0.29) is 165 Å². The van der Waals surface area contributed by atoms with Crippen LogP contribution in [0.25, 0.3) is 0 Å². The van der Waals surface area contributed by atoms with Crippen LogP contribution in [0.1, 0.15) is 191 Å². The maximum Gasteiger partial charge on any atom is 0.351 e. The van der Waals surface area contributed by atoms with Crippen LogP contribution in [0.2, 0.25) is 0 Å². The minimum absolute atomic E-state index is 0. The molecule has 4 aromatic carbocycles. The number of rotatable bonds is 36. The highest BCUT2D eigenvalue weighted by Gasteiger charge is 2.32. The van der Waals surface area contributed by atoms with E-state index in [1.165, 1.54) is 69.2 Å². The molecule has 127 heavy (non-hydrogen) atoms. The van der Waals surface area contributed by atoms with Gasteiger partial charge in [0, 0.05) is 81.0 Å². The van der Waals surface area contributed by atoms with Gasteiger partial charge in [0.15, 0.2) is 0 Å². The van der Waals surface area contributed by atoms with Crippen LogP contribution in [0.5, 0.6) is 0 Å². The first-order chi connectivity index (χ1) is 62.4. The van der Waals surface area contributed by atoms with E-state index in [1.54, 1.807) is 109 Å². The predicted molar refractivity (Wildman–Crippen MR) is 482 cm³/mol. The summed E-state index contributed by atoms with van der Waals surface area (Å²) in [6.45, 7) is 0.598. The fraction of sp³-hybridized carbons (Fsp3) is 0.429. The van der Waals surface area contributed by atoms with Gasteiger partial charge in [-0.15, -0.1) is 0 Å². The van der Waals surface area contributed by atoms with E-state index < -0.39 is 99.0 Å². The first kappa shape index (κ1) is 96.5. The molecule has 5 amide bonds. The summed E-state index contributed by atoms with van der Waals surface area (Å²) in [6.07, 6.45) is 8.71. The number of anilines is 4. The number of aliphatic hydroxyl groups excluding tert-OH is 3. The number of nitrogen functional groups attached to an aromatic ring is 1. The Morgan fingerprint density at radius 2 is 0.811 bits per heavy atom. The molecular formula is C84H111B2ClN14O24S2. The average Bonchev–Trinajstić information content (AvgIpc) is 1.72. The molecule has 686 valence electrons. The zero-order valence-corrected chi connectivity index (χ0v) is 69.9. The van der Waals surface area contributed by atoms with E-state index in [4.69, 9.17) is 82.3 Å². The van der Waals surface area contributed by atoms with Crippen molar-refractivity contribution < 1.29 is 97.9 Å². The van der Waals surface area contributed by atoms with Crippen LogP contribution >= 0.6 is 35.7 Å². The van der Waals surface area contributed by atoms with Crippen molar-refractivity contribution in [1.29, 1.82) is 5.34 Å². The number of nitrogens with one attached hydrogen (secondary N) is 5. The van der Waals surface area contributed by atoms with E-state index in [9.17, 15) is 57.5 Å². The zero-order valence-electron chi connectivity index (χ0n) is 73.5. The number of benzene rings is 4. The first-order valence-corrected chi connectivity index (χ1v) is 41.0. The number of hydrogen-bond acceptors (Lipinski definition) is 31. The van der Waals surface area contributed by atoms with Crippen LogP contribution in [0.3, 0.4) is 0 Å². The molecule has 8 aromatic rings. The Hall–Kier alpha value is -11.1. The SMILES string of the molecule is C.C.C.Nc1ccn([C@H]2CC[C@@H](CO)O2)c(=O)n1.O=C(Cl)c1ccc(CO)cc1.[2H]B([3H])CSOC[C@@H]1CC[C@H](n2ccc(NC(=O)c3ccc(CO)cc3)nc2=O)O1.[2H]B([3H])CSOC[C@@H]1CC[C@H](n2ccc(NC(=O)c3ccc(COC(=O)CCC(=O)NC)cc3)nc2=O)O1.[2H]C([3H])OC[C@@H]1CC[C@H](n2ccc(NC(=O)c3ccc(COC(=O)CCC(=O)NC)cc3)nc2=O)O1. The molecule has 0 saturated carbocycles. The predicted octanol–water partition coefficient (Wildman–Crippen LogP) is 6.27. The number of ether oxygens (including phenoxy) is 7. The number of amides is 5. The smallest absolute Gasteiger partial charge is 0.351 e. The monoisotopic (exact) mass is 1830 g/mol. The summed E-state index contributed by atoms with van der Waals surface area (Å²) in [7, 11) is -0.294. The Labute approximate surface area is 757 Å². The summed E-state index contributed by atoms with van der Waals surface area (Å²) < 4.78 is 96.9. The molecule has 12 rings (SSSR count). The molecule has 8 heterocycles. The number of esters is 2. The zero-order chi connectivity index (χ0) is 94.2. The van der Waals surface area contributed by atoms with Crippen LogP contribution < -0.4 is 55.1 Å². The largest absolute Gasteiger partial charge is 0.461 e. The van der Waals surface area contributed by atoms with Crippen molar-refractivity contribution in [2.24, 2.45) is 0 Å². The second-order valence-corrected chi connectivity index (χ2v) is 29.2. The third-order valence-electron chi connectivity index (χ3n) is 18.6. The molecule has 0 bridgehead atoms. The van der Waals surface area contributed by atoms with Gasteiger partial charge in [0.05, 0.1) is 79.6 Å². The molecule has 4 aromatic heterocycles. The molecule has 9 atom stereocenters. The van der Waals surface area contributed by atoms with Crippen LogP contribution in [-0.4, -0.2) is 204 Å². The molecular weight excluding hydrogens is 1710 g/mol. The van der Waals surface area contributed by atoms with Gasteiger partial charge in [-0.25, -0.2) is 19.2 Å². The Morgan fingerprint density at radius 3 is 1.12 bits per heavy atom. The highest BCUT2D eigenvalue weighted by Crippen LogP contribution is 2.32. The Bertz CT molecular complexity index is 5290. The summed E-state index contributed by atoms with van der Waals surface area (Å²) in [5.74, 6) is -2.29. The number of halogens is 1. The van der Waals surface area contributed by atoms with E-state index in [1.807, 2.05) is 0 Å². The van der Waals surface area contributed by atoms with Gasteiger partial charge in [0.25, 0.3) is 23.0 Å². The van der Waals surface area contributed by atoms with Gasteiger partial charge in [0.1, 0.15) is 76.9 Å². The number of carbonyl (C=O) groups is 8. The van der Waals surface area contributed by atoms with Gasteiger partial charge in [0.2, 0.25) is 11.8 Å². The van der Waals surface area contributed by atoms with E-state index in [0.29, 0.717) is 97.1 Å². The van der Waals surface area contributed by atoms with Gasteiger partial charge in [-0.1, -0.05) is 70.8 Å². The van der Waals surface area contributed by atoms with Crippen molar-refractivity contribution in [3.8, 4) is 0 Å². The maximum atomic E-state index is 12.6. The number of nitrogens with zero attached hydrogens (tertiary/aromatic N) is 8. The van der Waals surface area contributed by atoms with Gasteiger partial charge >= 0.3 is 34.7 Å². The molecule has 43 heteroatoms. The number of nitrogens with two attached hydrogens (primary N) is 1. The topological polar surface area (TPSA) is 506 Å². The van der Waals surface area contributed by atoms with Gasteiger partial charge in [-0.05, 0) is 199 Å². The third kappa shape index (κ3) is 35.2. The summed E-state index contributed by atoms with van der Waals surface area (Å²) in [4.78, 5) is 158. The normalized spacial score (nSPS) is 18.3.